The van der Waals surface area contributed by atoms with E-state index in [0.29, 0.717) is 24.8 Å². The zero-order chi connectivity index (χ0) is 10.2. The van der Waals surface area contributed by atoms with Gasteiger partial charge in [-0.2, -0.15) is 4.98 Å². The van der Waals surface area contributed by atoms with Gasteiger partial charge in [0.15, 0.2) is 5.60 Å². The number of rotatable bonds is 2. The summed E-state index contributed by atoms with van der Waals surface area (Å²) in [5, 5.41) is 16.9. The molecule has 0 saturated carbocycles. The van der Waals surface area contributed by atoms with Crippen LogP contribution < -0.4 is 10.2 Å². The smallest absolute Gasteiger partial charge is 0.265 e. The molecule has 0 bridgehead atoms. The normalized spacial score (nSPS) is 26.8. The molecule has 2 heterocycles. The first-order chi connectivity index (χ1) is 6.62. The topological polar surface area (TPSA) is 74.4 Å². The standard InChI is InChI=1S/C8H14N4O2/c1-12(2)7-10-6(14-11-7)8(13)3-4-9-5-8/h9,13H,3-5H2,1-2H3. The SMILES string of the molecule is CN(C)c1noc(C2(O)CCNC2)n1. The summed E-state index contributed by atoms with van der Waals surface area (Å²) < 4.78 is 5.02. The number of nitrogens with one attached hydrogen (secondary N) is 1. The van der Waals surface area contributed by atoms with Crippen LogP contribution in [0.25, 0.3) is 0 Å². The molecule has 2 rings (SSSR count). The van der Waals surface area contributed by atoms with E-state index in [1.807, 2.05) is 14.1 Å². The molecule has 0 amide bonds. The Bertz CT molecular complexity index is 317. The highest BCUT2D eigenvalue weighted by molar-refractivity contribution is 5.25. The maximum atomic E-state index is 10.1. The third-order valence-corrected chi connectivity index (χ3v) is 2.35. The van der Waals surface area contributed by atoms with Gasteiger partial charge in [0, 0.05) is 20.6 Å². The average molecular weight is 198 g/mol. The second-order valence-electron chi connectivity index (χ2n) is 3.75. The minimum atomic E-state index is -0.985. The second-order valence-corrected chi connectivity index (χ2v) is 3.75. The molecule has 0 spiro atoms. The van der Waals surface area contributed by atoms with E-state index in [-0.39, 0.29) is 0 Å². The maximum absolute atomic E-state index is 10.1. The highest BCUT2D eigenvalue weighted by atomic mass is 16.5. The van der Waals surface area contributed by atoms with E-state index in [2.05, 4.69) is 15.5 Å². The largest absolute Gasteiger partial charge is 0.379 e. The van der Waals surface area contributed by atoms with Crippen molar-refractivity contribution in [1.29, 1.82) is 0 Å². The Labute approximate surface area is 81.9 Å². The minimum Gasteiger partial charge on any atom is -0.379 e. The molecule has 1 aliphatic heterocycles. The number of hydrogen-bond acceptors (Lipinski definition) is 6. The van der Waals surface area contributed by atoms with E-state index < -0.39 is 5.60 Å². The first-order valence-corrected chi connectivity index (χ1v) is 4.56. The van der Waals surface area contributed by atoms with E-state index in [9.17, 15) is 5.11 Å². The molecule has 1 fully saturated rings. The van der Waals surface area contributed by atoms with Crippen LogP contribution in [0.5, 0.6) is 0 Å². The molecule has 1 aliphatic rings. The number of hydrogen-bond donors (Lipinski definition) is 2. The molecular formula is C8H14N4O2. The lowest BCUT2D eigenvalue weighted by Crippen LogP contribution is -2.28. The minimum absolute atomic E-state index is 0.297. The fraction of sp³-hybridized carbons (Fsp3) is 0.750. The Hall–Kier alpha value is -1.14. The van der Waals surface area contributed by atoms with Crippen molar-refractivity contribution < 1.29 is 9.63 Å². The second kappa shape index (κ2) is 3.21. The fourth-order valence-corrected chi connectivity index (χ4v) is 1.45. The Morgan fingerprint density at radius 3 is 2.86 bits per heavy atom. The summed E-state index contributed by atoms with van der Waals surface area (Å²) in [5.74, 6) is 0.784. The predicted octanol–water partition coefficient (Wildman–Crippen LogP) is -0.684. The van der Waals surface area contributed by atoms with Crippen LogP contribution in [0.3, 0.4) is 0 Å². The molecule has 1 aromatic rings. The van der Waals surface area contributed by atoms with Gasteiger partial charge >= 0.3 is 0 Å². The van der Waals surface area contributed by atoms with Gasteiger partial charge in [-0.25, -0.2) is 0 Å². The summed E-state index contributed by atoms with van der Waals surface area (Å²) >= 11 is 0. The van der Waals surface area contributed by atoms with Gasteiger partial charge in [-0.15, -0.1) is 0 Å². The Kier molecular flexibility index (Phi) is 2.16. The molecular weight excluding hydrogens is 184 g/mol. The summed E-state index contributed by atoms with van der Waals surface area (Å²) in [4.78, 5) is 5.86. The molecule has 0 aliphatic carbocycles. The molecule has 0 radical (unpaired) electrons. The van der Waals surface area contributed by atoms with Crippen molar-refractivity contribution in [3.8, 4) is 0 Å². The van der Waals surface area contributed by atoms with E-state index in [1.165, 1.54) is 0 Å². The van der Waals surface area contributed by atoms with Crippen molar-refractivity contribution in [2.45, 2.75) is 12.0 Å². The van der Waals surface area contributed by atoms with Crippen molar-refractivity contribution in [3.63, 3.8) is 0 Å². The van der Waals surface area contributed by atoms with E-state index in [0.717, 1.165) is 6.54 Å². The molecule has 2 N–H and O–H groups in total. The lowest BCUT2D eigenvalue weighted by molar-refractivity contribution is 0.0243. The summed E-state index contributed by atoms with van der Waals surface area (Å²) in [5.41, 5.74) is -0.985. The molecule has 6 nitrogen and oxygen atoms in total. The van der Waals surface area contributed by atoms with Crippen LogP contribution in [0.2, 0.25) is 0 Å². The van der Waals surface area contributed by atoms with E-state index in [4.69, 9.17) is 4.52 Å². The maximum Gasteiger partial charge on any atom is 0.265 e. The molecule has 1 unspecified atom stereocenters. The lowest BCUT2D eigenvalue weighted by atomic mass is 10.0. The van der Waals surface area contributed by atoms with Crippen LogP contribution >= 0.6 is 0 Å². The van der Waals surface area contributed by atoms with Crippen LogP contribution in [-0.2, 0) is 5.60 Å². The quantitative estimate of drug-likeness (QED) is 0.655. The molecule has 6 heteroatoms. The first-order valence-electron chi connectivity index (χ1n) is 4.56. The lowest BCUT2D eigenvalue weighted by Gasteiger charge is -2.14. The number of β-amino-alcohol motifs (C(OH)–C–C–N with tert-alkyl or cyclic N) is 1. The summed E-state index contributed by atoms with van der Waals surface area (Å²) in [6.45, 7) is 1.25. The molecule has 14 heavy (non-hydrogen) atoms. The van der Waals surface area contributed by atoms with Gasteiger partial charge in [0.05, 0.1) is 0 Å². The van der Waals surface area contributed by atoms with Gasteiger partial charge in [0.1, 0.15) is 0 Å². The Morgan fingerprint density at radius 2 is 2.36 bits per heavy atom. The fourth-order valence-electron chi connectivity index (χ4n) is 1.45. The number of anilines is 1. The van der Waals surface area contributed by atoms with Crippen LogP contribution in [-0.4, -0.2) is 42.4 Å². The summed E-state index contributed by atoms with van der Waals surface area (Å²) in [6, 6.07) is 0. The van der Waals surface area contributed by atoms with Crippen LogP contribution in [0.15, 0.2) is 4.52 Å². The van der Waals surface area contributed by atoms with Crippen LogP contribution in [0, 0.1) is 0 Å². The van der Waals surface area contributed by atoms with Crippen LogP contribution in [0.1, 0.15) is 12.3 Å². The van der Waals surface area contributed by atoms with Gasteiger partial charge in [0.25, 0.3) is 11.8 Å². The van der Waals surface area contributed by atoms with E-state index in [1.54, 1.807) is 4.90 Å². The third-order valence-electron chi connectivity index (χ3n) is 2.35. The van der Waals surface area contributed by atoms with Crippen LogP contribution in [0.4, 0.5) is 5.95 Å². The number of aliphatic hydroxyl groups is 1. The van der Waals surface area contributed by atoms with Crippen molar-refractivity contribution in [2.75, 3.05) is 32.1 Å². The van der Waals surface area contributed by atoms with Crippen molar-refractivity contribution in [2.24, 2.45) is 0 Å². The molecule has 1 atom stereocenters. The monoisotopic (exact) mass is 198 g/mol. The van der Waals surface area contributed by atoms with Gasteiger partial charge in [0.2, 0.25) is 0 Å². The van der Waals surface area contributed by atoms with Gasteiger partial charge in [-0.1, -0.05) is 0 Å². The van der Waals surface area contributed by atoms with Crippen molar-refractivity contribution in [3.05, 3.63) is 5.89 Å². The summed E-state index contributed by atoms with van der Waals surface area (Å²) in [7, 11) is 3.65. The third kappa shape index (κ3) is 1.46. The van der Waals surface area contributed by atoms with E-state index >= 15 is 0 Å². The predicted molar refractivity (Wildman–Crippen MR) is 50.0 cm³/mol. The number of nitrogens with zero attached hydrogens (tertiary/aromatic N) is 3. The molecule has 1 saturated heterocycles. The summed E-state index contributed by atoms with van der Waals surface area (Å²) in [6.07, 6.45) is 0.613. The average Bonchev–Trinajstić information content (AvgIpc) is 2.71. The zero-order valence-electron chi connectivity index (χ0n) is 8.32. The highest BCUT2D eigenvalue weighted by Gasteiger charge is 2.38. The van der Waals surface area contributed by atoms with Crippen molar-refractivity contribution >= 4 is 5.95 Å². The number of aromatic nitrogens is 2. The Morgan fingerprint density at radius 1 is 1.57 bits per heavy atom. The van der Waals surface area contributed by atoms with Gasteiger partial charge < -0.3 is 19.8 Å². The zero-order valence-corrected chi connectivity index (χ0v) is 8.32. The molecule has 0 aromatic carbocycles. The highest BCUT2D eigenvalue weighted by Crippen LogP contribution is 2.26. The van der Waals surface area contributed by atoms with Gasteiger partial charge in [-0.3, -0.25) is 0 Å². The Balaban J connectivity index is 2.23. The molecule has 1 aromatic heterocycles. The van der Waals surface area contributed by atoms with Gasteiger partial charge in [-0.05, 0) is 18.1 Å². The molecule has 78 valence electrons. The van der Waals surface area contributed by atoms with Crippen molar-refractivity contribution in [1.82, 2.24) is 15.5 Å². The first kappa shape index (κ1) is 9.42.